The Bertz CT molecular complexity index is 433. The van der Waals surface area contributed by atoms with E-state index in [0.29, 0.717) is 11.6 Å². The molecular formula is C13H16BrN3. The van der Waals surface area contributed by atoms with Gasteiger partial charge in [0.1, 0.15) is 0 Å². The Hall–Kier alpha value is -1.05. The zero-order chi connectivity index (χ0) is 12.3. The predicted molar refractivity (Wildman–Crippen MR) is 73.2 cm³/mol. The third-order valence-electron chi connectivity index (χ3n) is 3.20. The molecule has 0 spiro atoms. The monoisotopic (exact) mass is 293 g/mol. The Kier molecular flexibility index (Phi) is 4.03. The molecule has 1 aromatic carbocycles. The number of benzene rings is 1. The van der Waals surface area contributed by atoms with Gasteiger partial charge >= 0.3 is 0 Å². The number of nitriles is 1. The van der Waals surface area contributed by atoms with Gasteiger partial charge in [0.05, 0.1) is 17.3 Å². The first-order valence-electron chi connectivity index (χ1n) is 5.93. The van der Waals surface area contributed by atoms with Gasteiger partial charge in [-0.1, -0.05) is 0 Å². The van der Waals surface area contributed by atoms with Crippen molar-refractivity contribution in [2.75, 3.05) is 24.5 Å². The van der Waals surface area contributed by atoms with Crippen molar-refractivity contribution in [2.24, 2.45) is 0 Å². The molecule has 90 valence electrons. The second-order valence-corrected chi connectivity index (χ2v) is 5.06. The van der Waals surface area contributed by atoms with Crippen LogP contribution in [0.5, 0.6) is 0 Å². The van der Waals surface area contributed by atoms with Gasteiger partial charge in [-0.15, -0.1) is 0 Å². The van der Waals surface area contributed by atoms with E-state index in [9.17, 15) is 0 Å². The van der Waals surface area contributed by atoms with E-state index < -0.39 is 0 Å². The molecule has 0 aliphatic carbocycles. The van der Waals surface area contributed by atoms with Crippen LogP contribution >= 0.6 is 15.9 Å². The number of halogens is 1. The number of anilines is 1. The van der Waals surface area contributed by atoms with Crippen LogP contribution in [0.25, 0.3) is 0 Å². The Balaban J connectivity index is 2.27. The minimum Gasteiger partial charge on any atom is -0.367 e. The van der Waals surface area contributed by atoms with Crippen molar-refractivity contribution >= 4 is 21.6 Å². The van der Waals surface area contributed by atoms with Crippen LogP contribution in [-0.4, -0.2) is 25.7 Å². The molecule has 1 atom stereocenters. The van der Waals surface area contributed by atoms with E-state index in [1.54, 1.807) is 0 Å². The van der Waals surface area contributed by atoms with Crippen molar-refractivity contribution in [1.29, 1.82) is 5.26 Å². The van der Waals surface area contributed by atoms with Gasteiger partial charge in [-0.3, -0.25) is 0 Å². The highest BCUT2D eigenvalue weighted by molar-refractivity contribution is 9.10. The third-order valence-corrected chi connectivity index (χ3v) is 3.84. The summed E-state index contributed by atoms with van der Waals surface area (Å²) in [6, 6.07) is 8.52. The lowest BCUT2D eigenvalue weighted by Gasteiger charge is -2.30. The molecule has 17 heavy (non-hydrogen) atoms. The molecule has 0 amide bonds. The lowest BCUT2D eigenvalue weighted by Crippen LogP contribution is -2.36. The van der Waals surface area contributed by atoms with E-state index in [-0.39, 0.29) is 0 Å². The van der Waals surface area contributed by atoms with Crippen LogP contribution in [0.3, 0.4) is 0 Å². The number of hydrogen-bond acceptors (Lipinski definition) is 3. The van der Waals surface area contributed by atoms with Gasteiger partial charge in [0.25, 0.3) is 0 Å². The third kappa shape index (κ3) is 2.62. The first-order valence-corrected chi connectivity index (χ1v) is 6.72. The van der Waals surface area contributed by atoms with Gasteiger partial charge in [-0.05, 0) is 54.0 Å². The van der Waals surface area contributed by atoms with Gasteiger partial charge in [0, 0.05) is 23.6 Å². The second kappa shape index (κ2) is 5.52. The maximum absolute atomic E-state index is 8.87. The van der Waals surface area contributed by atoms with Gasteiger partial charge in [-0.25, -0.2) is 0 Å². The Morgan fingerprint density at radius 2 is 2.41 bits per heavy atom. The molecule has 1 fully saturated rings. The largest absolute Gasteiger partial charge is 0.367 e. The van der Waals surface area contributed by atoms with Crippen molar-refractivity contribution in [3.05, 3.63) is 28.2 Å². The fraction of sp³-hybridized carbons (Fsp3) is 0.462. The van der Waals surface area contributed by atoms with Crippen LogP contribution in [-0.2, 0) is 0 Å². The van der Waals surface area contributed by atoms with Crippen molar-refractivity contribution in [3.63, 3.8) is 0 Å². The first-order chi connectivity index (χ1) is 8.26. The molecule has 3 nitrogen and oxygen atoms in total. The molecule has 1 saturated heterocycles. The minimum atomic E-state index is 0.559. The molecule has 0 radical (unpaired) electrons. The highest BCUT2D eigenvalue weighted by Gasteiger charge is 2.22. The van der Waals surface area contributed by atoms with Crippen molar-refractivity contribution in [1.82, 2.24) is 5.32 Å². The summed E-state index contributed by atoms with van der Waals surface area (Å²) in [7, 11) is 0. The molecule has 2 rings (SSSR count). The summed E-state index contributed by atoms with van der Waals surface area (Å²) < 4.78 is 1.00. The smallest absolute Gasteiger partial charge is 0.0992 e. The van der Waals surface area contributed by atoms with E-state index in [4.69, 9.17) is 5.26 Å². The fourth-order valence-corrected chi connectivity index (χ4v) is 2.95. The van der Waals surface area contributed by atoms with Crippen LogP contribution in [0.15, 0.2) is 22.7 Å². The number of nitrogens with one attached hydrogen (secondary N) is 1. The zero-order valence-electron chi connectivity index (χ0n) is 9.91. The zero-order valence-corrected chi connectivity index (χ0v) is 11.5. The Labute approximate surface area is 111 Å². The van der Waals surface area contributed by atoms with Crippen molar-refractivity contribution in [2.45, 2.75) is 19.4 Å². The molecule has 1 aliphatic heterocycles. The van der Waals surface area contributed by atoms with Gasteiger partial charge in [0.15, 0.2) is 0 Å². The first kappa shape index (κ1) is 12.4. The molecule has 0 saturated carbocycles. The number of likely N-dealkylation sites (N-methyl/N-ethyl adjacent to an activating group) is 1. The van der Waals surface area contributed by atoms with Crippen molar-refractivity contribution < 1.29 is 0 Å². The molecule has 1 unspecified atom stereocenters. The van der Waals surface area contributed by atoms with Crippen LogP contribution in [0, 0.1) is 11.3 Å². The number of nitrogens with zero attached hydrogens (tertiary/aromatic N) is 2. The molecule has 1 aromatic rings. The fourth-order valence-electron chi connectivity index (χ4n) is 2.34. The molecule has 0 bridgehead atoms. The van der Waals surface area contributed by atoms with Gasteiger partial charge in [-0.2, -0.15) is 5.26 Å². The van der Waals surface area contributed by atoms with Gasteiger partial charge in [0.2, 0.25) is 0 Å². The maximum Gasteiger partial charge on any atom is 0.0992 e. The van der Waals surface area contributed by atoms with Crippen LogP contribution < -0.4 is 10.2 Å². The molecule has 4 heteroatoms. The lowest BCUT2D eigenvalue weighted by molar-refractivity contribution is 0.647. The van der Waals surface area contributed by atoms with Crippen LogP contribution in [0.2, 0.25) is 0 Å². The predicted octanol–water partition coefficient (Wildman–Crippen LogP) is 2.51. The summed E-state index contributed by atoms with van der Waals surface area (Å²) in [5, 5.41) is 12.3. The Morgan fingerprint density at radius 3 is 2.94 bits per heavy atom. The van der Waals surface area contributed by atoms with E-state index in [1.807, 2.05) is 18.2 Å². The minimum absolute atomic E-state index is 0.559. The number of rotatable bonds is 3. The van der Waals surface area contributed by atoms with E-state index >= 15 is 0 Å². The molecular weight excluding hydrogens is 278 g/mol. The summed E-state index contributed by atoms with van der Waals surface area (Å²) in [6.45, 7) is 5.29. The van der Waals surface area contributed by atoms with E-state index in [1.165, 1.54) is 12.1 Å². The van der Waals surface area contributed by atoms with Crippen LogP contribution in [0.1, 0.15) is 18.9 Å². The average molecular weight is 294 g/mol. The average Bonchev–Trinajstić information content (AvgIpc) is 2.85. The van der Waals surface area contributed by atoms with Gasteiger partial charge < -0.3 is 10.2 Å². The lowest BCUT2D eigenvalue weighted by atomic mass is 10.1. The summed E-state index contributed by atoms with van der Waals surface area (Å²) >= 11 is 3.56. The number of hydrogen-bond donors (Lipinski definition) is 1. The van der Waals surface area contributed by atoms with E-state index in [0.717, 1.165) is 24.1 Å². The summed E-state index contributed by atoms with van der Waals surface area (Å²) in [5.41, 5.74) is 1.88. The standard InChI is InChI=1S/C13H16BrN3/c1-2-17(11-5-6-16-9-11)13-4-3-10(8-15)7-12(13)14/h3-4,7,11,16H,2,5-6,9H2,1H3. The quantitative estimate of drug-likeness (QED) is 0.931. The molecule has 1 aliphatic rings. The normalized spacial score (nSPS) is 19.0. The molecule has 1 heterocycles. The molecule has 1 N–H and O–H groups in total. The SMILES string of the molecule is CCN(c1ccc(C#N)cc1Br)C1CCNC1. The summed E-state index contributed by atoms with van der Waals surface area (Å²) in [5.74, 6) is 0. The summed E-state index contributed by atoms with van der Waals surface area (Å²) in [6.07, 6.45) is 1.18. The van der Waals surface area contributed by atoms with Crippen LogP contribution in [0.4, 0.5) is 5.69 Å². The topological polar surface area (TPSA) is 39.1 Å². The second-order valence-electron chi connectivity index (χ2n) is 4.21. The van der Waals surface area contributed by atoms with E-state index in [2.05, 4.69) is 39.1 Å². The van der Waals surface area contributed by atoms with Crippen molar-refractivity contribution in [3.8, 4) is 6.07 Å². The summed E-state index contributed by atoms with van der Waals surface area (Å²) in [4.78, 5) is 2.39. The molecule has 0 aromatic heterocycles. The Morgan fingerprint density at radius 1 is 1.59 bits per heavy atom. The highest BCUT2D eigenvalue weighted by atomic mass is 79.9. The highest BCUT2D eigenvalue weighted by Crippen LogP contribution is 2.29. The maximum atomic E-state index is 8.87.